The number of nitro groups is 1. The number of nitro benzene ring substituents is 1. The molecule has 0 fully saturated rings. The molecule has 2 aromatic carbocycles. The van der Waals surface area contributed by atoms with Crippen molar-refractivity contribution in [3.05, 3.63) is 67.7 Å². The van der Waals surface area contributed by atoms with Gasteiger partial charge in [-0.2, -0.15) is 0 Å². The molecule has 8 heteroatoms. The second-order valence-electron chi connectivity index (χ2n) is 5.77. The smallest absolute Gasteiger partial charge is 0.289 e. The molecule has 6 nitrogen and oxygen atoms in total. The van der Waals surface area contributed by atoms with E-state index in [1.165, 1.54) is 19.2 Å². The first-order chi connectivity index (χ1) is 12.8. The fourth-order valence-electron chi connectivity index (χ4n) is 2.97. The average molecular weight is 411 g/mol. The summed E-state index contributed by atoms with van der Waals surface area (Å²) in [6.45, 7) is 4.79. The number of carbonyl (C=O) groups excluding carboxylic acids is 1. The zero-order chi connectivity index (χ0) is 20.1. The lowest BCUT2D eigenvalue weighted by atomic mass is 9.89. The van der Waals surface area contributed by atoms with E-state index in [9.17, 15) is 14.9 Å². The Balaban J connectivity index is 2.72. The number of rotatable bonds is 7. The van der Waals surface area contributed by atoms with Gasteiger partial charge < -0.3 is 9.64 Å². The zero-order valence-corrected chi connectivity index (χ0v) is 16.8. The van der Waals surface area contributed by atoms with Gasteiger partial charge in [0.25, 0.3) is 5.69 Å². The molecule has 2 aromatic rings. The van der Waals surface area contributed by atoms with Crippen molar-refractivity contribution in [3.8, 4) is 5.75 Å². The third-order valence-corrected chi connectivity index (χ3v) is 4.98. The minimum atomic E-state index is -0.799. The first-order valence-corrected chi connectivity index (χ1v) is 9.16. The van der Waals surface area contributed by atoms with Crippen molar-refractivity contribution >= 4 is 34.8 Å². The SMILES string of the molecule is CCN(CC)C(=O)C(c1cc(Cl)c([N+](=O)[O-])cc1Cl)c1ccccc1OC. The molecule has 0 aliphatic heterocycles. The molecule has 0 bridgehead atoms. The quantitative estimate of drug-likeness (QED) is 0.479. The van der Waals surface area contributed by atoms with Crippen molar-refractivity contribution in [2.24, 2.45) is 0 Å². The van der Waals surface area contributed by atoms with E-state index in [0.29, 0.717) is 30.0 Å². The molecule has 0 radical (unpaired) electrons. The minimum Gasteiger partial charge on any atom is -0.496 e. The van der Waals surface area contributed by atoms with Crippen LogP contribution in [0, 0.1) is 10.1 Å². The maximum atomic E-state index is 13.3. The van der Waals surface area contributed by atoms with Crippen LogP contribution in [0.1, 0.15) is 30.9 Å². The van der Waals surface area contributed by atoms with Gasteiger partial charge in [0.2, 0.25) is 5.91 Å². The number of hydrogen-bond donors (Lipinski definition) is 0. The van der Waals surface area contributed by atoms with Crippen LogP contribution in [-0.4, -0.2) is 35.9 Å². The van der Waals surface area contributed by atoms with Crippen molar-refractivity contribution in [1.29, 1.82) is 0 Å². The fourth-order valence-corrected chi connectivity index (χ4v) is 3.48. The Morgan fingerprint density at radius 3 is 2.33 bits per heavy atom. The third kappa shape index (κ3) is 4.34. The van der Waals surface area contributed by atoms with Gasteiger partial charge in [0.05, 0.1) is 23.0 Å². The Morgan fingerprint density at radius 2 is 1.78 bits per heavy atom. The first kappa shape index (κ1) is 21.0. The van der Waals surface area contributed by atoms with Crippen LogP contribution in [-0.2, 0) is 4.79 Å². The summed E-state index contributed by atoms with van der Waals surface area (Å²) in [5.74, 6) is -0.461. The van der Waals surface area contributed by atoms with Crippen LogP contribution in [0.25, 0.3) is 0 Å². The van der Waals surface area contributed by atoms with Crippen LogP contribution in [0.4, 0.5) is 5.69 Å². The predicted molar refractivity (Wildman–Crippen MR) is 106 cm³/mol. The van der Waals surface area contributed by atoms with Crippen LogP contribution in [0.2, 0.25) is 10.0 Å². The standard InChI is InChI=1S/C19H20Cl2N2O4/c1-4-22(5-2)19(24)18(12-8-6-7-9-17(12)27-3)13-10-15(21)16(23(25)26)11-14(13)20/h6-11,18H,4-5H2,1-3H3. The van der Waals surface area contributed by atoms with Crippen molar-refractivity contribution in [3.63, 3.8) is 0 Å². The van der Waals surface area contributed by atoms with Crippen molar-refractivity contribution in [1.82, 2.24) is 4.90 Å². The maximum Gasteiger partial charge on any atom is 0.289 e. The van der Waals surface area contributed by atoms with Crippen molar-refractivity contribution in [2.75, 3.05) is 20.2 Å². The van der Waals surface area contributed by atoms with Crippen LogP contribution >= 0.6 is 23.2 Å². The highest BCUT2D eigenvalue weighted by Crippen LogP contribution is 2.40. The van der Waals surface area contributed by atoms with E-state index in [2.05, 4.69) is 0 Å². The lowest BCUT2D eigenvalue weighted by Crippen LogP contribution is -2.35. The van der Waals surface area contributed by atoms with Gasteiger partial charge in [0.15, 0.2) is 0 Å². The topological polar surface area (TPSA) is 72.7 Å². The number of likely N-dealkylation sites (N-methyl/N-ethyl adjacent to an activating group) is 1. The molecular formula is C19H20Cl2N2O4. The second-order valence-corrected chi connectivity index (χ2v) is 6.58. The molecule has 0 heterocycles. The normalized spacial score (nSPS) is 11.7. The third-order valence-electron chi connectivity index (χ3n) is 4.35. The molecule has 144 valence electrons. The number of carbonyl (C=O) groups is 1. The van der Waals surface area contributed by atoms with E-state index in [-0.39, 0.29) is 21.6 Å². The van der Waals surface area contributed by atoms with E-state index in [1.807, 2.05) is 13.8 Å². The minimum absolute atomic E-state index is 0.0772. The van der Waals surface area contributed by atoms with Gasteiger partial charge in [-0.15, -0.1) is 0 Å². The molecule has 1 atom stereocenters. The molecule has 2 rings (SSSR count). The fraction of sp³-hybridized carbons (Fsp3) is 0.316. The molecule has 0 saturated heterocycles. The lowest BCUT2D eigenvalue weighted by molar-refractivity contribution is -0.384. The Labute approximate surface area is 167 Å². The summed E-state index contributed by atoms with van der Waals surface area (Å²) in [6, 6.07) is 9.68. The summed E-state index contributed by atoms with van der Waals surface area (Å²) >= 11 is 12.4. The van der Waals surface area contributed by atoms with Crippen LogP contribution in [0.15, 0.2) is 36.4 Å². The highest BCUT2D eigenvalue weighted by atomic mass is 35.5. The number of para-hydroxylation sites is 1. The van der Waals surface area contributed by atoms with Gasteiger partial charge in [-0.3, -0.25) is 14.9 Å². The number of halogens is 2. The number of hydrogen-bond acceptors (Lipinski definition) is 4. The van der Waals surface area contributed by atoms with Gasteiger partial charge in [0, 0.05) is 24.7 Å². The molecule has 0 spiro atoms. The van der Waals surface area contributed by atoms with E-state index in [4.69, 9.17) is 27.9 Å². The molecule has 0 aliphatic rings. The molecule has 1 unspecified atom stereocenters. The average Bonchev–Trinajstić information content (AvgIpc) is 2.65. The van der Waals surface area contributed by atoms with Gasteiger partial charge in [-0.1, -0.05) is 41.4 Å². The lowest BCUT2D eigenvalue weighted by Gasteiger charge is -2.27. The van der Waals surface area contributed by atoms with Crippen LogP contribution in [0.3, 0.4) is 0 Å². The molecular weight excluding hydrogens is 391 g/mol. The van der Waals surface area contributed by atoms with Crippen LogP contribution in [0.5, 0.6) is 5.75 Å². The number of nitrogens with zero attached hydrogens (tertiary/aromatic N) is 2. The Morgan fingerprint density at radius 1 is 1.15 bits per heavy atom. The summed E-state index contributed by atoms with van der Waals surface area (Å²) in [6.07, 6.45) is 0. The molecule has 0 aromatic heterocycles. The molecule has 27 heavy (non-hydrogen) atoms. The zero-order valence-electron chi connectivity index (χ0n) is 15.2. The second kappa shape index (κ2) is 9.06. The maximum absolute atomic E-state index is 13.3. The highest BCUT2D eigenvalue weighted by molar-refractivity contribution is 6.35. The first-order valence-electron chi connectivity index (χ1n) is 8.40. The van der Waals surface area contributed by atoms with E-state index in [0.717, 1.165) is 0 Å². The van der Waals surface area contributed by atoms with Crippen LogP contribution < -0.4 is 4.74 Å². The monoisotopic (exact) mass is 410 g/mol. The largest absolute Gasteiger partial charge is 0.496 e. The number of methoxy groups -OCH3 is 1. The van der Waals surface area contributed by atoms with Crippen molar-refractivity contribution < 1.29 is 14.5 Å². The van der Waals surface area contributed by atoms with Gasteiger partial charge in [-0.05, 0) is 31.5 Å². The molecule has 0 saturated carbocycles. The molecule has 1 amide bonds. The van der Waals surface area contributed by atoms with Gasteiger partial charge >= 0.3 is 0 Å². The predicted octanol–water partition coefficient (Wildman–Crippen LogP) is 4.91. The molecule has 0 aliphatic carbocycles. The highest BCUT2D eigenvalue weighted by Gasteiger charge is 2.32. The van der Waals surface area contributed by atoms with Crippen molar-refractivity contribution in [2.45, 2.75) is 19.8 Å². The number of ether oxygens (including phenoxy) is 1. The van der Waals surface area contributed by atoms with E-state index >= 15 is 0 Å². The summed E-state index contributed by atoms with van der Waals surface area (Å²) in [4.78, 5) is 25.5. The van der Waals surface area contributed by atoms with Gasteiger partial charge in [0.1, 0.15) is 10.8 Å². The summed E-state index contributed by atoms with van der Waals surface area (Å²) in [5, 5.41) is 11.1. The van der Waals surface area contributed by atoms with E-state index < -0.39 is 10.8 Å². The Kier molecular flexibility index (Phi) is 7.05. The summed E-state index contributed by atoms with van der Waals surface area (Å²) in [7, 11) is 1.52. The molecule has 0 N–H and O–H groups in total. The number of amides is 1. The summed E-state index contributed by atoms with van der Waals surface area (Å²) < 4.78 is 5.42. The van der Waals surface area contributed by atoms with Gasteiger partial charge in [-0.25, -0.2) is 0 Å². The Bertz CT molecular complexity index is 854. The van der Waals surface area contributed by atoms with E-state index in [1.54, 1.807) is 29.2 Å². The number of benzene rings is 2. The Hall–Kier alpha value is -2.31. The summed E-state index contributed by atoms with van der Waals surface area (Å²) in [5.41, 5.74) is 0.705.